The Hall–Kier alpha value is -0.620. The fourth-order valence-corrected chi connectivity index (χ4v) is 2.38. The number of nitrogens with zero attached hydrogens (tertiary/aromatic N) is 1. The third kappa shape index (κ3) is 8.99. The monoisotopic (exact) mass is 292 g/mol. The van der Waals surface area contributed by atoms with Gasteiger partial charge in [0, 0.05) is 25.6 Å². The summed E-state index contributed by atoms with van der Waals surface area (Å²) in [7, 11) is -3.24. The van der Waals surface area contributed by atoms with Gasteiger partial charge in [0.2, 0.25) is 15.9 Å². The van der Waals surface area contributed by atoms with E-state index in [1.807, 2.05) is 13.8 Å². The fourth-order valence-electron chi connectivity index (χ4n) is 1.52. The third-order valence-corrected chi connectivity index (χ3v) is 4.34. The first-order chi connectivity index (χ1) is 8.66. The van der Waals surface area contributed by atoms with E-state index in [-0.39, 0.29) is 24.9 Å². The predicted molar refractivity (Wildman–Crippen MR) is 78.4 cm³/mol. The molecule has 1 amide bonds. The van der Waals surface area contributed by atoms with Crippen molar-refractivity contribution in [2.75, 3.05) is 19.3 Å². The topological polar surface area (TPSA) is 66.5 Å². The maximum absolute atomic E-state index is 11.6. The molecule has 1 unspecified atom stereocenters. The quantitative estimate of drug-likeness (QED) is 0.702. The summed E-state index contributed by atoms with van der Waals surface area (Å²) in [4.78, 5) is 11.6. The third-order valence-electron chi connectivity index (χ3n) is 3.03. The van der Waals surface area contributed by atoms with Crippen LogP contribution in [0.4, 0.5) is 0 Å². The molecular formula is C13H28N2O3S. The minimum Gasteiger partial charge on any atom is -0.354 e. The smallest absolute Gasteiger partial charge is 0.221 e. The lowest BCUT2D eigenvalue weighted by Gasteiger charge is -2.21. The Kier molecular flexibility index (Phi) is 8.25. The second-order valence-corrected chi connectivity index (χ2v) is 7.45. The average molecular weight is 292 g/mol. The summed E-state index contributed by atoms with van der Waals surface area (Å²) in [5.41, 5.74) is 0. The van der Waals surface area contributed by atoms with Gasteiger partial charge in [-0.25, -0.2) is 12.7 Å². The van der Waals surface area contributed by atoms with Crippen molar-refractivity contribution in [1.29, 1.82) is 0 Å². The van der Waals surface area contributed by atoms with Crippen molar-refractivity contribution in [3.8, 4) is 0 Å². The zero-order chi connectivity index (χ0) is 15.1. The van der Waals surface area contributed by atoms with E-state index in [1.54, 1.807) is 0 Å². The molecule has 0 aliphatic heterocycles. The first-order valence-corrected chi connectivity index (χ1v) is 8.76. The number of nitrogens with one attached hydrogen (secondary N) is 1. The highest BCUT2D eigenvalue weighted by atomic mass is 32.2. The standard InChI is InChI=1S/C13H28N2O3S/c1-6-12(4)14-13(16)8-10-15(19(5,17)18)9-7-11(2)3/h11-12H,6-10H2,1-5H3,(H,14,16). The van der Waals surface area contributed by atoms with E-state index in [0.717, 1.165) is 12.8 Å². The molecule has 0 fully saturated rings. The average Bonchev–Trinajstić information content (AvgIpc) is 2.26. The van der Waals surface area contributed by atoms with Crippen molar-refractivity contribution in [3.05, 3.63) is 0 Å². The Morgan fingerprint density at radius 3 is 2.21 bits per heavy atom. The molecule has 0 radical (unpaired) electrons. The number of hydrogen-bond donors (Lipinski definition) is 1. The van der Waals surface area contributed by atoms with Crippen LogP contribution < -0.4 is 5.32 Å². The molecule has 0 bridgehead atoms. The highest BCUT2D eigenvalue weighted by Gasteiger charge is 2.18. The molecule has 0 saturated carbocycles. The first-order valence-electron chi connectivity index (χ1n) is 6.91. The van der Waals surface area contributed by atoms with Gasteiger partial charge in [-0.1, -0.05) is 20.8 Å². The minimum absolute atomic E-state index is 0.0902. The molecule has 0 spiro atoms. The molecule has 0 aromatic heterocycles. The summed E-state index contributed by atoms with van der Waals surface area (Å²) in [5, 5.41) is 2.84. The summed E-state index contributed by atoms with van der Waals surface area (Å²) in [6, 6.07) is 0.134. The molecule has 0 saturated heterocycles. The van der Waals surface area contributed by atoms with Crippen LogP contribution in [-0.2, 0) is 14.8 Å². The Balaban J connectivity index is 4.31. The van der Waals surface area contributed by atoms with E-state index in [2.05, 4.69) is 19.2 Å². The molecular weight excluding hydrogens is 264 g/mol. The molecule has 1 atom stereocenters. The first kappa shape index (κ1) is 18.4. The Labute approximate surface area is 117 Å². The van der Waals surface area contributed by atoms with Crippen molar-refractivity contribution < 1.29 is 13.2 Å². The largest absolute Gasteiger partial charge is 0.354 e. The van der Waals surface area contributed by atoms with Gasteiger partial charge in [-0.15, -0.1) is 0 Å². The SMILES string of the molecule is CCC(C)NC(=O)CCN(CCC(C)C)S(C)(=O)=O. The van der Waals surface area contributed by atoms with Gasteiger partial charge in [-0.05, 0) is 25.7 Å². The summed E-state index contributed by atoms with van der Waals surface area (Å²) in [5.74, 6) is 0.353. The highest BCUT2D eigenvalue weighted by Crippen LogP contribution is 2.06. The van der Waals surface area contributed by atoms with Gasteiger partial charge in [-0.3, -0.25) is 4.79 Å². The van der Waals surface area contributed by atoms with E-state index in [9.17, 15) is 13.2 Å². The van der Waals surface area contributed by atoms with Crippen LogP contribution in [0.5, 0.6) is 0 Å². The molecule has 19 heavy (non-hydrogen) atoms. The van der Waals surface area contributed by atoms with Gasteiger partial charge in [0.15, 0.2) is 0 Å². The van der Waals surface area contributed by atoms with Gasteiger partial charge in [0.25, 0.3) is 0 Å². The number of amides is 1. The van der Waals surface area contributed by atoms with Gasteiger partial charge in [0.05, 0.1) is 6.26 Å². The highest BCUT2D eigenvalue weighted by molar-refractivity contribution is 7.88. The van der Waals surface area contributed by atoms with Crippen LogP contribution in [0.2, 0.25) is 0 Å². The Bertz CT molecular complexity index is 366. The van der Waals surface area contributed by atoms with Crippen LogP contribution >= 0.6 is 0 Å². The van der Waals surface area contributed by atoms with Crippen LogP contribution in [0.15, 0.2) is 0 Å². The number of hydrogen-bond acceptors (Lipinski definition) is 3. The van der Waals surface area contributed by atoms with Crippen molar-refractivity contribution >= 4 is 15.9 Å². The summed E-state index contributed by atoms with van der Waals surface area (Å²) < 4.78 is 24.7. The fraction of sp³-hybridized carbons (Fsp3) is 0.923. The molecule has 0 aliphatic rings. The lowest BCUT2D eigenvalue weighted by atomic mass is 10.1. The van der Waals surface area contributed by atoms with E-state index >= 15 is 0 Å². The molecule has 0 aromatic rings. The summed E-state index contributed by atoms with van der Waals surface area (Å²) in [6.07, 6.45) is 3.09. The molecule has 5 nitrogen and oxygen atoms in total. The molecule has 6 heteroatoms. The molecule has 0 rings (SSSR count). The molecule has 0 aliphatic carbocycles. The van der Waals surface area contributed by atoms with Crippen LogP contribution in [-0.4, -0.2) is 44.0 Å². The van der Waals surface area contributed by atoms with E-state index in [4.69, 9.17) is 0 Å². The summed E-state index contributed by atoms with van der Waals surface area (Å²) in [6.45, 7) is 8.77. The second-order valence-electron chi connectivity index (χ2n) is 5.47. The predicted octanol–water partition coefficient (Wildman–Crippen LogP) is 1.60. The normalized spacial score (nSPS) is 13.8. The van der Waals surface area contributed by atoms with Gasteiger partial charge >= 0.3 is 0 Å². The zero-order valence-corrected chi connectivity index (χ0v) is 13.6. The van der Waals surface area contributed by atoms with E-state index in [1.165, 1.54) is 10.6 Å². The van der Waals surface area contributed by atoms with Crippen molar-refractivity contribution in [3.63, 3.8) is 0 Å². The minimum atomic E-state index is -3.24. The van der Waals surface area contributed by atoms with Crippen LogP contribution in [0.25, 0.3) is 0 Å². The molecule has 0 heterocycles. The lowest BCUT2D eigenvalue weighted by molar-refractivity contribution is -0.121. The van der Waals surface area contributed by atoms with Crippen LogP contribution in [0.1, 0.15) is 47.0 Å². The number of sulfonamides is 1. The van der Waals surface area contributed by atoms with Crippen LogP contribution in [0.3, 0.4) is 0 Å². The van der Waals surface area contributed by atoms with Crippen molar-refractivity contribution in [2.24, 2.45) is 5.92 Å². The van der Waals surface area contributed by atoms with Crippen molar-refractivity contribution in [1.82, 2.24) is 9.62 Å². The number of carbonyl (C=O) groups is 1. The van der Waals surface area contributed by atoms with Crippen LogP contribution in [0, 0.1) is 5.92 Å². The molecule has 0 aromatic carbocycles. The van der Waals surface area contributed by atoms with E-state index < -0.39 is 10.0 Å². The maximum Gasteiger partial charge on any atom is 0.221 e. The second kappa shape index (κ2) is 8.53. The van der Waals surface area contributed by atoms with Gasteiger partial charge in [0.1, 0.15) is 0 Å². The summed E-state index contributed by atoms with van der Waals surface area (Å²) >= 11 is 0. The van der Waals surface area contributed by atoms with Gasteiger partial charge in [-0.2, -0.15) is 0 Å². The Morgan fingerprint density at radius 1 is 1.21 bits per heavy atom. The maximum atomic E-state index is 11.6. The number of rotatable bonds is 9. The zero-order valence-electron chi connectivity index (χ0n) is 12.8. The Morgan fingerprint density at radius 2 is 1.79 bits per heavy atom. The van der Waals surface area contributed by atoms with Crippen molar-refractivity contribution in [2.45, 2.75) is 53.0 Å². The number of carbonyl (C=O) groups excluding carboxylic acids is 1. The van der Waals surface area contributed by atoms with Gasteiger partial charge < -0.3 is 5.32 Å². The molecule has 1 N–H and O–H groups in total. The lowest BCUT2D eigenvalue weighted by Crippen LogP contribution is -2.37. The van der Waals surface area contributed by atoms with E-state index in [0.29, 0.717) is 12.5 Å². The molecule has 114 valence electrons.